The summed E-state index contributed by atoms with van der Waals surface area (Å²) in [5.41, 5.74) is 0.632. The summed E-state index contributed by atoms with van der Waals surface area (Å²) in [7, 11) is 0. The minimum Gasteiger partial charge on any atom is -0.475 e. The predicted octanol–water partition coefficient (Wildman–Crippen LogP) is 2.55. The lowest BCUT2D eigenvalue weighted by Gasteiger charge is -2.28. The molecule has 0 aliphatic rings. The molecule has 0 fully saturated rings. The van der Waals surface area contributed by atoms with Crippen LogP contribution in [0.25, 0.3) is 0 Å². The first-order valence-electron chi connectivity index (χ1n) is 5.63. The van der Waals surface area contributed by atoms with Crippen LogP contribution in [0.15, 0.2) is 30.3 Å². The third-order valence-corrected chi connectivity index (χ3v) is 2.86. The van der Waals surface area contributed by atoms with Crippen LogP contribution in [0.2, 0.25) is 0 Å². The quantitative estimate of drug-likeness (QED) is 0.814. The number of aliphatic carboxylic acids is 1. The molecule has 0 heterocycles. The van der Waals surface area contributed by atoms with Gasteiger partial charge in [-0.05, 0) is 17.4 Å². The summed E-state index contributed by atoms with van der Waals surface area (Å²) in [6, 6.07) is 9.50. The molecule has 3 nitrogen and oxygen atoms in total. The second kappa shape index (κ2) is 5.13. The van der Waals surface area contributed by atoms with Gasteiger partial charge in [-0.2, -0.15) is 0 Å². The third kappa shape index (κ3) is 3.70. The lowest BCUT2D eigenvalue weighted by Crippen LogP contribution is -2.35. The summed E-state index contributed by atoms with van der Waals surface area (Å²) in [6.07, 6.45) is 0.468. The van der Waals surface area contributed by atoms with E-state index in [4.69, 9.17) is 5.11 Å². The molecule has 0 aliphatic heterocycles. The molecule has 17 heavy (non-hydrogen) atoms. The Balaban J connectivity index is 2.94. The second-order valence-corrected chi connectivity index (χ2v) is 5.28. The van der Waals surface area contributed by atoms with E-state index in [1.165, 1.54) is 0 Å². The van der Waals surface area contributed by atoms with Crippen molar-refractivity contribution in [3.63, 3.8) is 0 Å². The van der Waals surface area contributed by atoms with Crippen LogP contribution in [-0.4, -0.2) is 16.9 Å². The maximum absolute atomic E-state index is 11.7. The highest BCUT2D eigenvalue weighted by atomic mass is 16.4. The highest BCUT2D eigenvalue weighted by Crippen LogP contribution is 2.30. The molecule has 0 aliphatic carbocycles. The number of benzene rings is 1. The van der Waals surface area contributed by atoms with Crippen LogP contribution in [0.5, 0.6) is 0 Å². The average Bonchev–Trinajstić information content (AvgIpc) is 2.24. The zero-order chi connectivity index (χ0) is 13.1. The van der Waals surface area contributed by atoms with Crippen molar-refractivity contribution in [2.45, 2.75) is 27.2 Å². The molecule has 0 radical (unpaired) electrons. The molecular formula is C14H18O3. The number of hydrogen-bond donors (Lipinski definition) is 1. The van der Waals surface area contributed by atoms with Gasteiger partial charge in [-0.25, -0.2) is 4.79 Å². The van der Waals surface area contributed by atoms with Gasteiger partial charge in [0.1, 0.15) is 0 Å². The van der Waals surface area contributed by atoms with Crippen molar-refractivity contribution in [3.8, 4) is 0 Å². The van der Waals surface area contributed by atoms with Crippen molar-refractivity contribution < 1.29 is 14.7 Å². The maximum atomic E-state index is 11.7. The smallest absolute Gasteiger partial charge is 0.372 e. The van der Waals surface area contributed by atoms with Crippen LogP contribution in [0, 0.1) is 11.3 Å². The zero-order valence-electron chi connectivity index (χ0n) is 10.4. The van der Waals surface area contributed by atoms with Gasteiger partial charge in [0.2, 0.25) is 5.78 Å². The number of carboxylic acid groups (broad SMARTS) is 1. The lowest BCUT2D eigenvalue weighted by molar-refractivity contribution is -0.152. The second-order valence-electron chi connectivity index (χ2n) is 5.28. The molecule has 1 N–H and O–H groups in total. The molecule has 0 saturated carbocycles. The van der Waals surface area contributed by atoms with Crippen molar-refractivity contribution in [1.29, 1.82) is 0 Å². The minimum atomic E-state index is -1.35. The van der Waals surface area contributed by atoms with Crippen LogP contribution in [0.4, 0.5) is 0 Å². The van der Waals surface area contributed by atoms with E-state index in [1.54, 1.807) is 0 Å². The Morgan fingerprint density at radius 1 is 1.18 bits per heavy atom. The fourth-order valence-electron chi connectivity index (χ4n) is 1.79. The Morgan fingerprint density at radius 2 is 1.71 bits per heavy atom. The lowest BCUT2D eigenvalue weighted by atomic mass is 9.75. The van der Waals surface area contributed by atoms with Crippen molar-refractivity contribution in [2.75, 3.05) is 0 Å². The van der Waals surface area contributed by atoms with E-state index >= 15 is 0 Å². The molecule has 0 saturated heterocycles. The fraction of sp³-hybridized carbons (Fsp3) is 0.429. The van der Waals surface area contributed by atoms with Crippen molar-refractivity contribution in [1.82, 2.24) is 0 Å². The van der Waals surface area contributed by atoms with Gasteiger partial charge >= 0.3 is 5.97 Å². The van der Waals surface area contributed by atoms with Crippen LogP contribution in [0.3, 0.4) is 0 Å². The third-order valence-electron chi connectivity index (χ3n) is 2.86. The Morgan fingerprint density at radius 3 is 2.12 bits per heavy atom. The molecule has 1 unspecified atom stereocenters. The molecule has 1 aromatic rings. The van der Waals surface area contributed by atoms with E-state index in [-0.39, 0.29) is 5.41 Å². The van der Waals surface area contributed by atoms with Gasteiger partial charge in [-0.3, -0.25) is 4.79 Å². The summed E-state index contributed by atoms with van der Waals surface area (Å²) < 4.78 is 0. The van der Waals surface area contributed by atoms with E-state index in [0.717, 1.165) is 5.56 Å². The summed E-state index contributed by atoms with van der Waals surface area (Å²) in [5.74, 6) is -2.55. The van der Waals surface area contributed by atoms with Gasteiger partial charge in [0.05, 0.1) is 0 Å². The number of Topliss-reactive ketones (excluding diaryl/α,β-unsaturated/α-hetero) is 1. The molecule has 3 heteroatoms. The summed E-state index contributed by atoms with van der Waals surface area (Å²) in [6.45, 7) is 5.67. The van der Waals surface area contributed by atoms with Crippen molar-refractivity contribution in [2.24, 2.45) is 11.3 Å². The van der Waals surface area contributed by atoms with Crippen LogP contribution in [-0.2, 0) is 16.0 Å². The Kier molecular flexibility index (Phi) is 4.05. The average molecular weight is 234 g/mol. The van der Waals surface area contributed by atoms with Gasteiger partial charge in [0, 0.05) is 5.92 Å². The van der Waals surface area contributed by atoms with Gasteiger partial charge < -0.3 is 5.11 Å². The first kappa shape index (κ1) is 13.4. The summed E-state index contributed by atoms with van der Waals surface area (Å²) in [5, 5.41) is 8.84. The van der Waals surface area contributed by atoms with E-state index in [1.807, 2.05) is 51.1 Å². The van der Waals surface area contributed by atoms with Gasteiger partial charge in [-0.1, -0.05) is 51.1 Å². The number of ketones is 1. The van der Waals surface area contributed by atoms with Gasteiger partial charge in [0.25, 0.3) is 0 Å². The number of carboxylic acids is 1. The monoisotopic (exact) mass is 234 g/mol. The molecular weight excluding hydrogens is 216 g/mol. The zero-order valence-corrected chi connectivity index (χ0v) is 10.4. The van der Waals surface area contributed by atoms with E-state index in [2.05, 4.69) is 0 Å². The van der Waals surface area contributed by atoms with E-state index in [9.17, 15) is 9.59 Å². The normalized spacial score (nSPS) is 13.1. The molecule has 0 amide bonds. The van der Waals surface area contributed by atoms with Crippen LogP contribution < -0.4 is 0 Å². The fourth-order valence-corrected chi connectivity index (χ4v) is 1.79. The molecule has 0 aromatic heterocycles. The highest BCUT2D eigenvalue weighted by molar-refractivity contribution is 6.33. The molecule has 92 valence electrons. The Bertz CT molecular complexity index is 401. The van der Waals surface area contributed by atoms with Crippen molar-refractivity contribution in [3.05, 3.63) is 35.9 Å². The standard InChI is InChI=1S/C14H18O3/c1-14(2,3)11(12(15)13(16)17)9-10-7-5-4-6-8-10/h4-8,11H,9H2,1-3H3,(H,16,17). The topological polar surface area (TPSA) is 54.4 Å². The van der Waals surface area contributed by atoms with E-state index in [0.29, 0.717) is 6.42 Å². The number of hydrogen-bond acceptors (Lipinski definition) is 2. The SMILES string of the molecule is CC(C)(C)C(Cc1ccccc1)C(=O)C(=O)O. The van der Waals surface area contributed by atoms with Gasteiger partial charge in [-0.15, -0.1) is 0 Å². The molecule has 1 aromatic carbocycles. The molecule has 1 atom stereocenters. The highest BCUT2D eigenvalue weighted by Gasteiger charge is 2.34. The van der Waals surface area contributed by atoms with E-state index < -0.39 is 17.7 Å². The summed E-state index contributed by atoms with van der Waals surface area (Å²) >= 11 is 0. The Labute approximate surface area is 101 Å². The number of rotatable bonds is 4. The van der Waals surface area contributed by atoms with Crippen LogP contribution in [0.1, 0.15) is 26.3 Å². The van der Waals surface area contributed by atoms with Crippen molar-refractivity contribution >= 4 is 11.8 Å². The minimum absolute atomic E-state index is 0.356. The van der Waals surface area contributed by atoms with Gasteiger partial charge in [0.15, 0.2) is 0 Å². The Hall–Kier alpha value is -1.64. The first-order chi connectivity index (χ1) is 7.82. The number of carbonyl (C=O) groups excluding carboxylic acids is 1. The molecule has 1 rings (SSSR count). The number of carbonyl (C=O) groups is 2. The molecule has 0 spiro atoms. The largest absolute Gasteiger partial charge is 0.475 e. The molecule has 0 bridgehead atoms. The predicted molar refractivity (Wildman–Crippen MR) is 65.7 cm³/mol. The summed E-state index contributed by atoms with van der Waals surface area (Å²) in [4.78, 5) is 22.5. The van der Waals surface area contributed by atoms with Crippen LogP contribution >= 0.6 is 0 Å². The first-order valence-corrected chi connectivity index (χ1v) is 5.63. The maximum Gasteiger partial charge on any atom is 0.372 e.